The van der Waals surface area contributed by atoms with Gasteiger partial charge in [-0.1, -0.05) is 26.0 Å². The first kappa shape index (κ1) is 18.2. The van der Waals surface area contributed by atoms with Crippen molar-refractivity contribution in [3.05, 3.63) is 41.7 Å². The van der Waals surface area contributed by atoms with Crippen LogP contribution in [-0.4, -0.2) is 21.9 Å². The number of amides is 1. The van der Waals surface area contributed by atoms with Crippen LogP contribution >= 0.6 is 0 Å². The summed E-state index contributed by atoms with van der Waals surface area (Å²) in [6, 6.07) is 9.16. The largest absolute Gasteiger partial charge is 0.368 e. The fourth-order valence-corrected chi connectivity index (χ4v) is 2.38. The molecule has 4 N–H and O–H groups in total. The number of hydrogen-bond acceptors (Lipinski definition) is 6. The molecule has 0 saturated heterocycles. The molecule has 0 aliphatic heterocycles. The van der Waals surface area contributed by atoms with Crippen LogP contribution in [0.1, 0.15) is 31.5 Å². The van der Waals surface area contributed by atoms with E-state index >= 15 is 0 Å². The van der Waals surface area contributed by atoms with Gasteiger partial charge in [0.1, 0.15) is 17.9 Å². The zero-order chi connectivity index (χ0) is 18.4. The summed E-state index contributed by atoms with van der Waals surface area (Å²) in [4.78, 5) is 20.1. The molecule has 25 heavy (non-hydrogen) atoms. The monoisotopic (exact) mass is 338 g/mol. The van der Waals surface area contributed by atoms with Crippen LogP contribution in [0.2, 0.25) is 0 Å². The van der Waals surface area contributed by atoms with E-state index in [2.05, 4.69) is 20.6 Å². The zero-order valence-electron chi connectivity index (χ0n) is 14.6. The molecule has 1 aromatic heterocycles. The third-order valence-electron chi connectivity index (χ3n) is 3.53. The second kappa shape index (κ2) is 8.11. The molecule has 7 nitrogen and oxygen atoms in total. The Labute approximate surface area is 147 Å². The number of carbonyl (C=O) groups excluding carboxylic acids is 1. The molecule has 0 unspecified atom stereocenters. The van der Waals surface area contributed by atoms with Gasteiger partial charge in [0.2, 0.25) is 5.91 Å². The molecule has 1 heterocycles. The van der Waals surface area contributed by atoms with Crippen LogP contribution in [0.15, 0.2) is 30.5 Å². The number of carbonyl (C=O) groups is 1. The molecule has 1 aromatic carbocycles. The van der Waals surface area contributed by atoms with Gasteiger partial charge in [-0.3, -0.25) is 4.79 Å². The minimum absolute atomic E-state index is 0.173. The number of rotatable bonds is 7. The lowest BCUT2D eigenvalue weighted by molar-refractivity contribution is -0.119. The van der Waals surface area contributed by atoms with Gasteiger partial charge < -0.3 is 16.4 Å². The van der Waals surface area contributed by atoms with Crippen molar-refractivity contribution < 1.29 is 4.79 Å². The van der Waals surface area contributed by atoms with Crippen molar-refractivity contribution in [3.8, 4) is 6.07 Å². The summed E-state index contributed by atoms with van der Waals surface area (Å²) < 4.78 is 0. The fourth-order valence-electron chi connectivity index (χ4n) is 2.38. The lowest BCUT2D eigenvalue weighted by Crippen LogP contribution is -2.36. The molecule has 0 aliphatic carbocycles. The first-order valence-corrected chi connectivity index (χ1v) is 8.05. The van der Waals surface area contributed by atoms with E-state index < -0.39 is 11.9 Å². The van der Waals surface area contributed by atoms with Gasteiger partial charge in [0, 0.05) is 5.69 Å². The Morgan fingerprint density at radius 3 is 2.76 bits per heavy atom. The second-order valence-electron chi connectivity index (χ2n) is 6.29. The molecule has 1 amide bonds. The number of anilines is 3. The average molecular weight is 338 g/mol. The number of benzene rings is 1. The average Bonchev–Trinajstić information content (AvgIpc) is 2.54. The Morgan fingerprint density at radius 2 is 2.16 bits per heavy atom. The number of aryl methyl sites for hydroxylation is 1. The summed E-state index contributed by atoms with van der Waals surface area (Å²) >= 11 is 0. The first-order valence-electron chi connectivity index (χ1n) is 8.05. The van der Waals surface area contributed by atoms with Crippen LogP contribution in [0.3, 0.4) is 0 Å². The highest BCUT2D eigenvalue weighted by atomic mass is 16.1. The highest BCUT2D eigenvalue weighted by Gasteiger charge is 2.18. The maximum atomic E-state index is 11.6. The maximum absolute atomic E-state index is 11.6. The normalized spacial score (nSPS) is 11.6. The summed E-state index contributed by atoms with van der Waals surface area (Å²) in [5.41, 5.74) is 7.50. The highest BCUT2D eigenvalue weighted by molar-refractivity contribution is 5.82. The molecule has 0 aliphatic rings. The van der Waals surface area contributed by atoms with E-state index in [4.69, 9.17) is 5.73 Å². The van der Waals surface area contributed by atoms with Crippen molar-refractivity contribution in [1.82, 2.24) is 9.97 Å². The van der Waals surface area contributed by atoms with E-state index in [1.165, 1.54) is 6.20 Å². The minimum Gasteiger partial charge on any atom is -0.368 e. The van der Waals surface area contributed by atoms with Crippen molar-refractivity contribution >= 4 is 23.2 Å². The van der Waals surface area contributed by atoms with Gasteiger partial charge in [-0.25, -0.2) is 9.97 Å². The number of nitriles is 1. The number of primary amides is 1. The van der Waals surface area contributed by atoms with Crippen LogP contribution in [0, 0.1) is 24.2 Å². The van der Waals surface area contributed by atoms with Gasteiger partial charge in [0.05, 0.1) is 6.20 Å². The Morgan fingerprint density at radius 1 is 1.40 bits per heavy atom. The molecule has 0 bridgehead atoms. The van der Waals surface area contributed by atoms with Crippen LogP contribution in [0.5, 0.6) is 0 Å². The number of nitrogens with one attached hydrogen (secondary N) is 2. The van der Waals surface area contributed by atoms with Gasteiger partial charge >= 0.3 is 0 Å². The predicted octanol–water partition coefficient (Wildman–Crippen LogP) is 2.71. The fraction of sp³-hybridized carbons (Fsp3) is 0.333. The van der Waals surface area contributed by atoms with E-state index in [9.17, 15) is 10.1 Å². The molecular formula is C18H22N6O. The Hall–Kier alpha value is -3.14. The van der Waals surface area contributed by atoms with Crippen LogP contribution in [-0.2, 0) is 4.79 Å². The molecule has 7 heteroatoms. The van der Waals surface area contributed by atoms with Gasteiger partial charge in [0.25, 0.3) is 0 Å². The van der Waals surface area contributed by atoms with E-state index in [0.29, 0.717) is 24.0 Å². The summed E-state index contributed by atoms with van der Waals surface area (Å²) in [7, 11) is 0. The van der Waals surface area contributed by atoms with E-state index in [-0.39, 0.29) is 5.69 Å². The lowest BCUT2D eigenvalue weighted by atomic mass is 10.0. The van der Waals surface area contributed by atoms with Gasteiger partial charge in [-0.05, 0) is 37.0 Å². The van der Waals surface area contributed by atoms with Crippen molar-refractivity contribution in [2.24, 2.45) is 11.7 Å². The zero-order valence-corrected chi connectivity index (χ0v) is 14.6. The smallest absolute Gasteiger partial charge is 0.239 e. The number of hydrogen-bond donors (Lipinski definition) is 3. The van der Waals surface area contributed by atoms with E-state index in [1.54, 1.807) is 0 Å². The molecule has 2 rings (SSSR count). The molecular weight excluding hydrogens is 316 g/mol. The first-order chi connectivity index (χ1) is 11.9. The Bertz CT molecular complexity index is 796. The van der Waals surface area contributed by atoms with Crippen molar-refractivity contribution in [1.29, 1.82) is 5.26 Å². The Balaban J connectivity index is 2.27. The molecule has 0 radical (unpaired) electrons. The predicted molar refractivity (Wildman–Crippen MR) is 97.3 cm³/mol. The summed E-state index contributed by atoms with van der Waals surface area (Å²) in [5.74, 6) is 0.554. The van der Waals surface area contributed by atoms with Crippen molar-refractivity contribution in [2.75, 3.05) is 10.6 Å². The molecule has 1 atom stereocenters. The number of aromatic nitrogens is 2. The van der Waals surface area contributed by atoms with Crippen LogP contribution < -0.4 is 16.4 Å². The molecule has 130 valence electrons. The SMILES string of the molecule is Cc1cccc(Nc2nc(N[C@H](CC(C)C)C(N)=O)cnc2C#N)c1. The molecule has 0 saturated carbocycles. The van der Waals surface area contributed by atoms with Gasteiger partial charge in [-0.15, -0.1) is 0 Å². The quantitative estimate of drug-likeness (QED) is 0.714. The third kappa shape index (κ3) is 5.18. The van der Waals surface area contributed by atoms with Gasteiger partial charge in [0.15, 0.2) is 11.5 Å². The van der Waals surface area contributed by atoms with Gasteiger partial charge in [-0.2, -0.15) is 5.26 Å². The van der Waals surface area contributed by atoms with Crippen molar-refractivity contribution in [3.63, 3.8) is 0 Å². The minimum atomic E-state index is -0.547. The summed E-state index contributed by atoms with van der Waals surface area (Å²) in [6.07, 6.45) is 2.01. The van der Waals surface area contributed by atoms with Crippen LogP contribution in [0.25, 0.3) is 0 Å². The van der Waals surface area contributed by atoms with E-state index in [0.717, 1.165) is 11.3 Å². The molecule has 2 aromatic rings. The lowest BCUT2D eigenvalue weighted by Gasteiger charge is -2.18. The number of nitrogens with zero attached hydrogens (tertiary/aromatic N) is 3. The molecule has 0 spiro atoms. The van der Waals surface area contributed by atoms with E-state index in [1.807, 2.05) is 51.1 Å². The number of nitrogens with two attached hydrogens (primary N) is 1. The Kier molecular flexibility index (Phi) is 5.90. The summed E-state index contributed by atoms with van der Waals surface area (Å²) in [5, 5.41) is 15.3. The second-order valence-corrected chi connectivity index (χ2v) is 6.29. The molecule has 0 fully saturated rings. The summed E-state index contributed by atoms with van der Waals surface area (Å²) in [6.45, 7) is 5.99. The third-order valence-corrected chi connectivity index (χ3v) is 3.53. The highest BCUT2D eigenvalue weighted by Crippen LogP contribution is 2.20. The van der Waals surface area contributed by atoms with Crippen molar-refractivity contribution in [2.45, 2.75) is 33.2 Å². The maximum Gasteiger partial charge on any atom is 0.239 e. The standard InChI is InChI=1S/C18H22N6O/c1-11(2)7-14(17(20)25)23-16-10-21-15(9-19)18(24-16)22-13-6-4-5-12(3)8-13/h4-6,8,10-11,14H,7H2,1-3H3,(H2,20,25)(H2,22,23,24)/t14-/m1/s1. The topological polar surface area (TPSA) is 117 Å². The van der Waals surface area contributed by atoms with Crippen LogP contribution in [0.4, 0.5) is 17.3 Å².